The maximum absolute atomic E-state index is 12.1. The van der Waals surface area contributed by atoms with E-state index in [9.17, 15) is 4.79 Å². The van der Waals surface area contributed by atoms with E-state index in [1.54, 1.807) is 11.8 Å². The molecule has 4 heteroatoms. The molecule has 0 aromatic heterocycles. The normalized spacial score (nSPS) is 32.7. The van der Waals surface area contributed by atoms with Gasteiger partial charge in [-0.3, -0.25) is 4.79 Å². The molecule has 1 saturated carbocycles. The Morgan fingerprint density at radius 2 is 2.40 bits per heavy atom. The molecule has 3 N–H and O–H groups in total. The van der Waals surface area contributed by atoms with E-state index in [1.165, 1.54) is 0 Å². The van der Waals surface area contributed by atoms with Crippen molar-refractivity contribution in [1.29, 1.82) is 0 Å². The van der Waals surface area contributed by atoms with Crippen LogP contribution >= 0.6 is 11.8 Å². The maximum Gasteiger partial charge on any atom is 0.227 e. The average Bonchev–Trinajstić information content (AvgIpc) is 2.48. The lowest BCUT2D eigenvalue weighted by Gasteiger charge is -2.29. The zero-order chi connectivity index (χ0) is 11.5. The van der Waals surface area contributed by atoms with E-state index in [0.29, 0.717) is 0 Å². The Morgan fingerprint density at radius 3 is 2.87 bits per heavy atom. The van der Waals surface area contributed by atoms with Gasteiger partial charge in [0.25, 0.3) is 0 Å². The number of nitrogens with two attached hydrogens (primary N) is 1. The van der Waals surface area contributed by atoms with Crippen LogP contribution in [0, 0.1) is 5.41 Å². The minimum atomic E-state index is -0.341. The Balaban J connectivity index is 2.52. The largest absolute Gasteiger partial charge is 0.352 e. The summed E-state index contributed by atoms with van der Waals surface area (Å²) in [4.78, 5) is 12.1. The molecule has 0 spiro atoms. The number of rotatable bonds is 4. The first kappa shape index (κ1) is 12.8. The van der Waals surface area contributed by atoms with Gasteiger partial charge in [0.05, 0.1) is 5.41 Å². The van der Waals surface area contributed by atoms with Crippen LogP contribution in [0.15, 0.2) is 0 Å². The van der Waals surface area contributed by atoms with Crippen LogP contribution in [-0.2, 0) is 4.79 Å². The van der Waals surface area contributed by atoms with Gasteiger partial charge in [0.1, 0.15) is 0 Å². The number of amides is 1. The number of nitrogens with one attached hydrogen (secondary N) is 1. The molecule has 0 aromatic carbocycles. The van der Waals surface area contributed by atoms with E-state index in [-0.39, 0.29) is 23.4 Å². The van der Waals surface area contributed by atoms with Crippen molar-refractivity contribution in [1.82, 2.24) is 5.32 Å². The van der Waals surface area contributed by atoms with Crippen molar-refractivity contribution in [3.8, 4) is 0 Å². The third kappa shape index (κ3) is 2.88. The highest BCUT2D eigenvalue weighted by Crippen LogP contribution is 2.36. The van der Waals surface area contributed by atoms with Crippen LogP contribution < -0.4 is 11.1 Å². The lowest BCUT2D eigenvalue weighted by atomic mass is 9.84. The lowest BCUT2D eigenvalue weighted by molar-refractivity contribution is -0.131. The smallest absolute Gasteiger partial charge is 0.227 e. The predicted octanol–water partition coefficient (Wildman–Crippen LogP) is 1.37. The molecular weight excluding hydrogens is 208 g/mol. The van der Waals surface area contributed by atoms with Crippen LogP contribution in [0.5, 0.6) is 0 Å². The number of thioether (sulfide) groups is 1. The second-order valence-electron chi connectivity index (χ2n) is 4.75. The van der Waals surface area contributed by atoms with Crippen molar-refractivity contribution in [3.63, 3.8) is 0 Å². The standard InChI is InChI=1S/C11H22N2OS/c1-8(7-15-3)13-10(14)11(2)6-4-5-9(11)12/h8-9H,4-7,12H2,1-3H3,(H,13,14). The van der Waals surface area contributed by atoms with Gasteiger partial charge in [0, 0.05) is 17.8 Å². The molecule has 15 heavy (non-hydrogen) atoms. The second kappa shape index (κ2) is 5.21. The topological polar surface area (TPSA) is 55.1 Å². The zero-order valence-electron chi connectivity index (χ0n) is 9.88. The maximum atomic E-state index is 12.1. The van der Waals surface area contributed by atoms with Crippen molar-refractivity contribution in [2.75, 3.05) is 12.0 Å². The highest BCUT2D eigenvalue weighted by Gasteiger charge is 2.43. The van der Waals surface area contributed by atoms with E-state index in [4.69, 9.17) is 5.73 Å². The Kier molecular flexibility index (Phi) is 4.46. The summed E-state index contributed by atoms with van der Waals surface area (Å²) in [5, 5.41) is 3.05. The summed E-state index contributed by atoms with van der Waals surface area (Å²) < 4.78 is 0. The van der Waals surface area contributed by atoms with Crippen molar-refractivity contribution >= 4 is 17.7 Å². The summed E-state index contributed by atoms with van der Waals surface area (Å²) in [6, 6.07) is 0.260. The van der Waals surface area contributed by atoms with Crippen molar-refractivity contribution in [2.45, 2.75) is 45.2 Å². The minimum Gasteiger partial charge on any atom is -0.352 e. The average molecular weight is 230 g/mol. The van der Waals surface area contributed by atoms with Crippen molar-refractivity contribution in [3.05, 3.63) is 0 Å². The van der Waals surface area contributed by atoms with Gasteiger partial charge in [-0.15, -0.1) is 0 Å². The molecule has 1 rings (SSSR count). The first-order valence-corrected chi connectivity index (χ1v) is 6.95. The molecule has 0 aliphatic heterocycles. The van der Waals surface area contributed by atoms with E-state index < -0.39 is 0 Å². The molecule has 1 fully saturated rings. The Labute approximate surface area is 96.6 Å². The zero-order valence-corrected chi connectivity index (χ0v) is 10.7. The van der Waals surface area contributed by atoms with Gasteiger partial charge < -0.3 is 11.1 Å². The third-order valence-corrected chi connectivity index (χ3v) is 4.18. The number of hydrogen-bond donors (Lipinski definition) is 2. The Morgan fingerprint density at radius 1 is 1.73 bits per heavy atom. The highest BCUT2D eigenvalue weighted by molar-refractivity contribution is 7.98. The van der Waals surface area contributed by atoms with Crippen molar-refractivity contribution in [2.24, 2.45) is 11.1 Å². The van der Waals surface area contributed by atoms with Crippen LogP contribution in [-0.4, -0.2) is 30.0 Å². The van der Waals surface area contributed by atoms with Crippen molar-refractivity contribution < 1.29 is 4.79 Å². The van der Waals surface area contributed by atoms with Crippen LogP contribution in [0.1, 0.15) is 33.1 Å². The summed E-state index contributed by atoms with van der Waals surface area (Å²) in [5.74, 6) is 1.09. The minimum absolute atomic E-state index is 0.0268. The molecule has 3 unspecified atom stereocenters. The number of hydrogen-bond acceptors (Lipinski definition) is 3. The van der Waals surface area contributed by atoms with Gasteiger partial charge in [0.15, 0.2) is 0 Å². The second-order valence-corrected chi connectivity index (χ2v) is 5.66. The fourth-order valence-corrected chi connectivity index (χ4v) is 2.74. The molecule has 0 radical (unpaired) electrons. The quantitative estimate of drug-likeness (QED) is 0.767. The van der Waals surface area contributed by atoms with E-state index in [2.05, 4.69) is 5.32 Å². The Hall–Kier alpha value is -0.220. The Bertz CT molecular complexity index is 235. The van der Waals surface area contributed by atoms with Gasteiger partial charge >= 0.3 is 0 Å². The molecule has 1 amide bonds. The monoisotopic (exact) mass is 230 g/mol. The van der Waals surface area contributed by atoms with Gasteiger partial charge in [0.2, 0.25) is 5.91 Å². The predicted molar refractivity (Wildman–Crippen MR) is 65.9 cm³/mol. The van der Waals surface area contributed by atoms with Crippen LogP contribution in [0.4, 0.5) is 0 Å². The van der Waals surface area contributed by atoms with E-state index in [0.717, 1.165) is 25.0 Å². The molecule has 88 valence electrons. The summed E-state index contributed by atoms with van der Waals surface area (Å²) in [6.07, 6.45) is 5.01. The molecule has 0 bridgehead atoms. The summed E-state index contributed by atoms with van der Waals surface area (Å²) >= 11 is 1.75. The van der Waals surface area contributed by atoms with Gasteiger partial charge in [-0.1, -0.05) is 6.42 Å². The van der Waals surface area contributed by atoms with E-state index in [1.807, 2.05) is 20.1 Å². The molecule has 1 aliphatic rings. The van der Waals surface area contributed by atoms with Gasteiger partial charge in [-0.25, -0.2) is 0 Å². The van der Waals surface area contributed by atoms with E-state index >= 15 is 0 Å². The molecule has 0 aromatic rings. The summed E-state index contributed by atoms with van der Waals surface area (Å²) in [7, 11) is 0. The first-order valence-electron chi connectivity index (χ1n) is 5.56. The summed E-state index contributed by atoms with van der Waals surface area (Å²) in [6.45, 7) is 4.03. The molecule has 0 saturated heterocycles. The van der Waals surface area contributed by atoms with Gasteiger partial charge in [-0.2, -0.15) is 11.8 Å². The van der Waals surface area contributed by atoms with Crippen LogP contribution in [0.3, 0.4) is 0 Å². The molecular formula is C11H22N2OS. The molecule has 0 heterocycles. The third-order valence-electron chi connectivity index (χ3n) is 3.34. The summed E-state index contributed by atoms with van der Waals surface area (Å²) in [5.41, 5.74) is 5.66. The SMILES string of the molecule is CSCC(C)NC(=O)C1(C)CCCC1N. The fourth-order valence-electron chi connectivity index (χ4n) is 2.16. The molecule has 1 aliphatic carbocycles. The first-order chi connectivity index (χ1) is 7.00. The molecule has 3 atom stereocenters. The highest BCUT2D eigenvalue weighted by atomic mass is 32.2. The molecule has 3 nitrogen and oxygen atoms in total. The van der Waals surface area contributed by atoms with Crippen LogP contribution in [0.25, 0.3) is 0 Å². The van der Waals surface area contributed by atoms with Gasteiger partial charge in [-0.05, 0) is 32.9 Å². The number of carbonyl (C=O) groups excluding carboxylic acids is 1. The number of carbonyl (C=O) groups is 1. The lowest BCUT2D eigenvalue weighted by Crippen LogP contribution is -2.50. The fraction of sp³-hybridized carbons (Fsp3) is 0.909. The van der Waals surface area contributed by atoms with Crippen LogP contribution in [0.2, 0.25) is 0 Å².